The summed E-state index contributed by atoms with van der Waals surface area (Å²) in [5.41, 5.74) is 4.14. The molecule has 150 valence electrons. The highest BCUT2D eigenvalue weighted by Crippen LogP contribution is 2.31. The van der Waals surface area contributed by atoms with Crippen molar-refractivity contribution in [3.05, 3.63) is 59.2 Å². The molecule has 1 N–H and O–H groups in total. The molecule has 0 saturated heterocycles. The van der Waals surface area contributed by atoms with Gasteiger partial charge in [0.25, 0.3) is 5.91 Å². The highest BCUT2D eigenvalue weighted by Gasteiger charge is 2.30. The molecule has 2 aromatic carbocycles. The number of hydrogen-bond acceptors (Lipinski definition) is 4. The summed E-state index contributed by atoms with van der Waals surface area (Å²) < 4.78 is 5.33. The highest BCUT2D eigenvalue weighted by molar-refractivity contribution is 6.05. The second-order valence-corrected chi connectivity index (χ2v) is 7.65. The molecule has 0 bridgehead atoms. The zero-order valence-electron chi connectivity index (χ0n) is 16.4. The van der Waals surface area contributed by atoms with Crippen LogP contribution in [0.2, 0.25) is 0 Å². The molecule has 1 atom stereocenters. The van der Waals surface area contributed by atoms with Crippen LogP contribution in [0.3, 0.4) is 0 Å². The highest BCUT2D eigenvalue weighted by atomic mass is 16.5. The number of amides is 2. The first kappa shape index (κ1) is 19.2. The molecule has 0 spiro atoms. The number of carbonyl (C=O) groups excluding carboxylic acids is 3. The van der Waals surface area contributed by atoms with Crippen LogP contribution in [0, 0.1) is 0 Å². The van der Waals surface area contributed by atoms with Gasteiger partial charge in [0.2, 0.25) is 5.91 Å². The van der Waals surface area contributed by atoms with Crippen molar-refractivity contribution < 1.29 is 19.1 Å². The van der Waals surface area contributed by atoms with Crippen LogP contribution in [-0.4, -0.2) is 30.4 Å². The minimum atomic E-state index is -0.503. The number of rotatable bonds is 3. The number of ether oxygens (including phenoxy) is 1. The van der Waals surface area contributed by atoms with Crippen molar-refractivity contribution in [1.82, 2.24) is 0 Å². The maximum atomic E-state index is 12.9. The number of hydrogen-bond donors (Lipinski definition) is 1. The van der Waals surface area contributed by atoms with E-state index in [0.29, 0.717) is 16.9 Å². The largest absolute Gasteiger partial charge is 0.452 e. The van der Waals surface area contributed by atoms with Crippen LogP contribution in [-0.2, 0) is 27.2 Å². The number of carbonyl (C=O) groups is 3. The first-order valence-electron chi connectivity index (χ1n) is 10.0. The average Bonchev–Trinajstić information content (AvgIpc) is 2.85. The summed E-state index contributed by atoms with van der Waals surface area (Å²) in [4.78, 5) is 39.0. The van der Waals surface area contributed by atoms with E-state index >= 15 is 0 Å². The Bertz CT molecular complexity index is 969. The molecule has 2 amide bonds. The van der Waals surface area contributed by atoms with E-state index in [1.807, 2.05) is 25.1 Å². The Hall–Kier alpha value is -3.15. The van der Waals surface area contributed by atoms with Crippen LogP contribution in [0.1, 0.15) is 47.7 Å². The lowest BCUT2D eigenvalue weighted by Gasteiger charge is -2.27. The SMILES string of the molecule is C[C@H]1CC(=O)Nc2ccccc2N1C(=O)COC(=O)c1ccc2c(c1)CCCC2. The van der Waals surface area contributed by atoms with Crippen LogP contribution in [0.5, 0.6) is 0 Å². The zero-order chi connectivity index (χ0) is 20.4. The third-order valence-electron chi connectivity index (χ3n) is 5.54. The fraction of sp³-hybridized carbons (Fsp3) is 0.348. The van der Waals surface area contributed by atoms with E-state index in [1.165, 1.54) is 22.4 Å². The molecule has 2 aromatic rings. The smallest absolute Gasteiger partial charge is 0.338 e. The molecule has 0 radical (unpaired) electrons. The quantitative estimate of drug-likeness (QED) is 0.812. The van der Waals surface area contributed by atoms with Gasteiger partial charge in [-0.2, -0.15) is 0 Å². The maximum absolute atomic E-state index is 12.9. The van der Waals surface area contributed by atoms with E-state index in [1.54, 1.807) is 24.3 Å². The average molecular weight is 392 g/mol. The lowest BCUT2D eigenvalue weighted by Crippen LogP contribution is -2.41. The first-order chi connectivity index (χ1) is 14.0. The second-order valence-electron chi connectivity index (χ2n) is 7.65. The summed E-state index contributed by atoms with van der Waals surface area (Å²) in [6.07, 6.45) is 4.50. The van der Waals surface area contributed by atoms with Crippen molar-refractivity contribution in [1.29, 1.82) is 0 Å². The van der Waals surface area contributed by atoms with Gasteiger partial charge in [0, 0.05) is 12.5 Å². The van der Waals surface area contributed by atoms with Crippen molar-refractivity contribution in [2.75, 3.05) is 16.8 Å². The fourth-order valence-corrected chi connectivity index (χ4v) is 4.11. The van der Waals surface area contributed by atoms with Crippen molar-refractivity contribution in [2.45, 2.75) is 45.1 Å². The van der Waals surface area contributed by atoms with E-state index in [0.717, 1.165) is 19.3 Å². The molecule has 0 fully saturated rings. The molecule has 4 rings (SSSR count). The third-order valence-corrected chi connectivity index (χ3v) is 5.54. The van der Waals surface area contributed by atoms with Gasteiger partial charge in [-0.05, 0) is 68.0 Å². The first-order valence-corrected chi connectivity index (χ1v) is 10.0. The summed E-state index contributed by atoms with van der Waals surface area (Å²) in [5, 5.41) is 2.82. The van der Waals surface area contributed by atoms with E-state index in [9.17, 15) is 14.4 Å². The molecule has 6 nitrogen and oxygen atoms in total. The molecule has 0 unspecified atom stereocenters. The summed E-state index contributed by atoms with van der Waals surface area (Å²) in [7, 11) is 0. The van der Waals surface area contributed by atoms with E-state index < -0.39 is 5.97 Å². The predicted molar refractivity (Wildman–Crippen MR) is 110 cm³/mol. The van der Waals surface area contributed by atoms with Crippen LogP contribution in [0.15, 0.2) is 42.5 Å². The van der Waals surface area contributed by atoms with Gasteiger partial charge >= 0.3 is 5.97 Å². The standard InChI is InChI=1S/C23H24N2O4/c1-15-12-21(26)24-19-8-4-5-9-20(19)25(15)22(27)14-29-23(28)18-11-10-16-6-2-3-7-17(16)13-18/h4-5,8-11,13,15H,2-3,6-7,12,14H2,1H3,(H,24,26)/t15-/m0/s1. The molecular formula is C23H24N2O4. The van der Waals surface area contributed by atoms with Crippen LogP contribution in [0.25, 0.3) is 0 Å². The third kappa shape index (κ3) is 4.01. The van der Waals surface area contributed by atoms with Gasteiger partial charge in [0.15, 0.2) is 6.61 Å². The Morgan fingerprint density at radius 2 is 1.86 bits per heavy atom. The number of esters is 1. The van der Waals surface area contributed by atoms with E-state index in [-0.39, 0.29) is 30.9 Å². The summed E-state index contributed by atoms with van der Waals surface area (Å²) in [5.74, 6) is -1.00. The second kappa shape index (κ2) is 8.07. The van der Waals surface area contributed by atoms with Gasteiger partial charge < -0.3 is 15.0 Å². The number of nitrogens with zero attached hydrogens (tertiary/aromatic N) is 1. The summed E-state index contributed by atoms with van der Waals surface area (Å²) in [6.45, 7) is 1.44. The number of benzene rings is 2. The van der Waals surface area contributed by atoms with Crippen molar-refractivity contribution in [3.8, 4) is 0 Å². The molecule has 1 heterocycles. The number of para-hydroxylation sites is 2. The van der Waals surface area contributed by atoms with Gasteiger partial charge in [-0.25, -0.2) is 4.79 Å². The topological polar surface area (TPSA) is 75.7 Å². The molecular weight excluding hydrogens is 368 g/mol. The Kier molecular flexibility index (Phi) is 5.34. The van der Waals surface area contributed by atoms with Gasteiger partial charge in [-0.3, -0.25) is 9.59 Å². The lowest BCUT2D eigenvalue weighted by molar-refractivity contribution is -0.122. The van der Waals surface area contributed by atoms with Crippen molar-refractivity contribution in [2.24, 2.45) is 0 Å². The number of aryl methyl sites for hydroxylation is 2. The fourth-order valence-electron chi connectivity index (χ4n) is 4.11. The van der Waals surface area contributed by atoms with Gasteiger partial charge in [-0.1, -0.05) is 18.2 Å². The number of anilines is 2. The van der Waals surface area contributed by atoms with Crippen molar-refractivity contribution in [3.63, 3.8) is 0 Å². The van der Waals surface area contributed by atoms with Crippen LogP contribution in [0.4, 0.5) is 11.4 Å². The molecule has 2 aliphatic rings. The van der Waals surface area contributed by atoms with Gasteiger partial charge in [0.1, 0.15) is 0 Å². The van der Waals surface area contributed by atoms with E-state index in [2.05, 4.69) is 5.32 Å². The molecule has 0 aromatic heterocycles. The Morgan fingerprint density at radius 1 is 1.10 bits per heavy atom. The molecule has 1 aliphatic heterocycles. The zero-order valence-corrected chi connectivity index (χ0v) is 16.4. The Labute approximate surface area is 169 Å². The van der Waals surface area contributed by atoms with Gasteiger partial charge in [-0.15, -0.1) is 0 Å². The molecule has 29 heavy (non-hydrogen) atoms. The lowest BCUT2D eigenvalue weighted by atomic mass is 9.90. The van der Waals surface area contributed by atoms with Crippen LogP contribution >= 0.6 is 0 Å². The minimum Gasteiger partial charge on any atom is -0.452 e. The molecule has 0 saturated carbocycles. The monoisotopic (exact) mass is 392 g/mol. The van der Waals surface area contributed by atoms with Crippen molar-refractivity contribution >= 4 is 29.2 Å². The minimum absolute atomic E-state index is 0.147. The summed E-state index contributed by atoms with van der Waals surface area (Å²) in [6, 6.07) is 12.4. The summed E-state index contributed by atoms with van der Waals surface area (Å²) >= 11 is 0. The molecule has 6 heteroatoms. The number of fused-ring (bicyclic) bond motifs is 2. The molecule has 1 aliphatic carbocycles. The predicted octanol–water partition coefficient (Wildman–Crippen LogP) is 3.49. The Balaban J connectivity index is 1.48. The normalized spacial score (nSPS) is 18.2. The van der Waals surface area contributed by atoms with Crippen LogP contribution < -0.4 is 10.2 Å². The van der Waals surface area contributed by atoms with Gasteiger partial charge in [0.05, 0.1) is 16.9 Å². The Morgan fingerprint density at radius 3 is 2.69 bits per heavy atom. The number of nitrogens with one attached hydrogen (secondary N) is 1. The van der Waals surface area contributed by atoms with E-state index in [4.69, 9.17) is 4.74 Å². The maximum Gasteiger partial charge on any atom is 0.338 e.